The Morgan fingerprint density at radius 2 is 2.42 bits per heavy atom. The van der Waals surface area contributed by atoms with Gasteiger partial charge in [-0.25, -0.2) is 4.98 Å². The van der Waals surface area contributed by atoms with E-state index in [4.69, 9.17) is 4.74 Å². The molecule has 2 rings (SSSR count). The molecule has 1 N–H and O–H groups in total. The lowest BCUT2D eigenvalue weighted by molar-refractivity contribution is 0.0134. The Morgan fingerprint density at radius 3 is 3.16 bits per heavy atom. The van der Waals surface area contributed by atoms with Crippen molar-refractivity contribution in [2.45, 2.75) is 51.7 Å². The van der Waals surface area contributed by atoms with E-state index in [9.17, 15) is 4.79 Å². The van der Waals surface area contributed by atoms with Crippen LogP contribution in [-0.2, 0) is 11.3 Å². The van der Waals surface area contributed by atoms with Gasteiger partial charge >= 0.3 is 0 Å². The minimum Gasteiger partial charge on any atom is -0.378 e. The van der Waals surface area contributed by atoms with Crippen LogP contribution in [0.2, 0.25) is 0 Å². The van der Waals surface area contributed by atoms with Gasteiger partial charge in [-0.05, 0) is 32.1 Å². The first kappa shape index (κ1) is 14.1. The molecule has 2 heterocycles. The second-order valence-electron chi connectivity index (χ2n) is 4.98. The molecule has 1 atom stereocenters. The molecule has 1 aliphatic rings. The number of ether oxygens (including phenoxy) is 1. The third kappa shape index (κ3) is 4.06. The minimum atomic E-state index is -0.0334. The van der Waals surface area contributed by atoms with E-state index in [1.165, 1.54) is 12.8 Å². The fraction of sp³-hybridized carbons (Fsp3) is 0.714. The maximum absolute atomic E-state index is 12.0. The monoisotopic (exact) mass is 265 g/mol. The molecule has 0 saturated carbocycles. The highest BCUT2D eigenvalue weighted by Crippen LogP contribution is 2.15. The molecular formula is C14H23N3O2. The van der Waals surface area contributed by atoms with Gasteiger partial charge in [-0.2, -0.15) is 0 Å². The summed E-state index contributed by atoms with van der Waals surface area (Å²) in [5, 5.41) is 3.13. The second kappa shape index (κ2) is 7.28. The average molecular weight is 265 g/mol. The number of aromatic nitrogens is 2. The normalized spacial score (nSPS) is 19.3. The van der Waals surface area contributed by atoms with Crippen LogP contribution in [0.5, 0.6) is 0 Å². The van der Waals surface area contributed by atoms with Crippen LogP contribution in [0, 0.1) is 0 Å². The lowest BCUT2D eigenvalue weighted by Gasteiger charge is -2.22. The summed E-state index contributed by atoms with van der Waals surface area (Å²) in [6.45, 7) is 4.41. The fourth-order valence-electron chi connectivity index (χ4n) is 2.37. The summed E-state index contributed by atoms with van der Waals surface area (Å²) < 4.78 is 7.37. The highest BCUT2D eigenvalue weighted by molar-refractivity contribution is 5.30. The van der Waals surface area contributed by atoms with Crippen molar-refractivity contribution in [3.8, 4) is 0 Å². The quantitative estimate of drug-likeness (QED) is 0.855. The smallest absolute Gasteiger partial charge is 0.293 e. The van der Waals surface area contributed by atoms with E-state index in [-0.39, 0.29) is 5.56 Å². The number of nitrogens with one attached hydrogen (secondary N) is 1. The Balaban J connectivity index is 1.85. The van der Waals surface area contributed by atoms with Gasteiger partial charge in [0.2, 0.25) is 0 Å². The lowest BCUT2D eigenvalue weighted by Crippen LogP contribution is -2.27. The minimum absolute atomic E-state index is 0.0334. The molecule has 1 saturated heterocycles. The Bertz CT molecular complexity index is 439. The average Bonchev–Trinajstić information content (AvgIpc) is 2.44. The zero-order valence-electron chi connectivity index (χ0n) is 11.6. The SMILES string of the molecule is CCCn1ccnc(NCCC2CCCCO2)c1=O. The molecule has 1 aromatic rings. The first-order chi connectivity index (χ1) is 9.31. The highest BCUT2D eigenvalue weighted by Gasteiger charge is 2.13. The number of nitrogens with zero attached hydrogens (tertiary/aromatic N) is 2. The van der Waals surface area contributed by atoms with E-state index in [1.54, 1.807) is 17.0 Å². The molecule has 1 unspecified atom stereocenters. The van der Waals surface area contributed by atoms with Crippen LogP contribution in [0.15, 0.2) is 17.2 Å². The summed E-state index contributed by atoms with van der Waals surface area (Å²) in [4.78, 5) is 16.2. The molecule has 0 aliphatic carbocycles. The molecule has 106 valence electrons. The van der Waals surface area contributed by atoms with Gasteiger partial charge in [-0.3, -0.25) is 4.79 Å². The Hall–Kier alpha value is -1.36. The van der Waals surface area contributed by atoms with Crippen molar-refractivity contribution in [3.05, 3.63) is 22.7 Å². The van der Waals surface area contributed by atoms with Crippen LogP contribution in [-0.4, -0.2) is 28.8 Å². The summed E-state index contributed by atoms with van der Waals surface area (Å²) >= 11 is 0. The molecule has 0 aromatic carbocycles. The molecular weight excluding hydrogens is 242 g/mol. The van der Waals surface area contributed by atoms with Crippen molar-refractivity contribution in [1.82, 2.24) is 9.55 Å². The molecule has 1 fully saturated rings. The molecule has 0 bridgehead atoms. The lowest BCUT2D eigenvalue weighted by atomic mass is 10.1. The van der Waals surface area contributed by atoms with E-state index in [1.807, 2.05) is 0 Å². The molecule has 1 aromatic heterocycles. The fourth-order valence-corrected chi connectivity index (χ4v) is 2.37. The summed E-state index contributed by atoms with van der Waals surface area (Å²) in [5.74, 6) is 0.451. The Labute approximate surface area is 114 Å². The molecule has 0 radical (unpaired) electrons. The Kier molecular flexibility index (Phi) is 5.39. The van der Waals surface area contributed by atoms with E-state index < -0.39 is 0 Å². The van der Waals surface area contributed by atoms with Gasteiger partial charge in [0.25, 0.3) is 5.56 Å². The van der Waals surface area contributed by atoms with Crippen molar-refractivity contribution >= 4 is 5.82 Å². The molecule has 1 aliphatic heterocycles. The van der Waals surface area contributed by atoms with Crippen LogP contribution in [0.3, 0.4) is 0 Å². The maximum atomic E-state index is 12.0. The van der Waals surface area contributed by atoms with Crippen LogP contribution in [0.25, 0.3) is 0 Å². The van der Waals surface area contributed by atoms with E-state index >= 15 is 0 Å². The van der Waals surface area contributed by atoms with Crippen molar-refractivity contribution in [3.63, 3.8) is 0 Å². The van der Waals surface area contributed by atoms with Crippen LogP contribution >= 0.6 is 0 Å². The molecule has 5 heteroatoms. The number of hydrogen-bond acceptors (Lipinski definition) is 4. The summed E-state index contributed by atoms with van der Waals surface area (Å²) in [6.07, 6.45) is 9.18. The summed E-state index contributed by atoms with van der Waals surface area (Å²) in [5.41, 5.74) is -0.0334. The molecule has 19 heavy (non-hydrogen) atoms. The van der Waals surface area contributed by atoms with Gasteiger partial charge in [0, 0.05) is 32.1 Å². The third-order valence-corrected chi connectivity index (χ3v) is 3.41. The number of hydrogen-bond donors (Lipinski definition) is 1. The number of anilines is 1. The summed E-state index contributed by atoms with van der Waals surface area (Å²) in [6, 6.07) is 0. The van der Waals surface area contributed by atoms with Gasteiger partial charge in [0.05, 0.1) is 6.10 Å². The van der Waals surface area contributed by atoms with Crippen molar-refractivity contribution < 1.29 is 4.74 Å². The van der Waals surface area contributed by atoms with E-state index in [0.29, 0.717) is 11.9 Å². The van der Waals surface area contributed by atoms with Crippen LogP contribution in [0.4, 0.5) is 5.82 Å². The third-order valence-electron chi connectivity index (χ3n) is 3.41. The van der Waals surface area contributed by atoms with E-state index in [2.05, 4.69) is 17.2 Å². The topological polar surface area (TPSA) is 56.1 Å². The second-order valence-corrected chi connectivity index (χ2v) is 4.98. The van der Waals surface area contributed by atoms with Crippen molar-refractivity contribution in [2.24, 2.45) is 0 Å². The standard InChI is InChI=1S/C14H23N3O2/c1-2-9-17-10-8-16-13(14(17)18)15-7-6-12-5-3-4-11-19-12/h8,10,12H,2-7,9,11H2,1H3,(H,15,16). The van der Waals surface area contributed by atoms with Gasteiger partial charge in [-0.1, -0.05) is 6.92 Å². The van der Waals surface area contributed by atoms with Crippen molar-refractivity contribution in [2.75, 3.05) is 18.5 Å². The van der Waals surface area contributed by atoms with Gasteiger partial charge < -0.3 is 14.6 Å². The predicted octanol–water partition coefficient (Wildman–Crippen LogP) is 2.02. The van der Waals surface area contributed by atoms with Crippen molar-refractivity contribution in [1.29, 1.82) is 0 Å². The van der Waals surface area contributed by atoms with Crippen LogP contribution < -0.4 is 10.9 Å². The van der Waals surface area contributed by atoms with Gasteiger partial charge in [0.15, 0.2) is 5.82 Å². The van der Waals surface area contributed by atoms with Gasteiger partial charge in [-0.15, -0.1) is 0 Å². The molecule has 0 spiro atoms. The summed E-state index contributed by atoms with van der Waals surface area (Å²) in [7, 11) is 0. The number of aryl methyl sites for hydroxylation is 1. The van der Waals surface area contributed by atoms with E-state index in [0.717, 1.165) is 39.0 Å². The largest absolute Gasteiger partial charge is 0.378 e. The highest BCUT2D eigenvalue weighted by atomic mass is 16.5. The maximum Gasteiger partial charge on any atom is 0.293 e. The van der Waals surface area contributed by atoms with Gasteiger partial charge in [0.1, 0.15) is 0 Å². The van der Waals surface area contributed by atoms with Crippen LogP contribution in [0.1, 0.15) is 39.0 Å². The predicted molar refractivity (Wildman–Crippen MR) is 75.5 cm³/mol. The first-order valence-corrected chi connectivity index (χ1v) is 7.22. The molecule has 5 nitrogen and oxygen atoms in total. The first-order valence-electron chi connectivity index (χ1n) is 7.22. The zero-order valence-corrected chi connectivity index (χ0v) is 11.6. The Morgan fingerprint density at radius 1 is 1.53 bits per heavy atom. The molecule has 0 amide bonds. The number of rotatable bonds is 6. The zero-order chi connectivity index (χ0) is 13.5.